The van der Waals surface area contributed by atoms with Crippen molar-refractivity contribution in [2.75, 3.05) is 7.11 Å². The number of carbonyl (C=O) groups is 1. The zero-order valence-corrected chi connectivity index (χ0v) is 14.9. The highest BCUT2D eigenvalue weighted by molar-refractivity contribution is 6.10. The van der Waals surface area contributed by atoms with Crippen molar-refractivity contribution in [3.05, 3.63) is 65.9 Å². The molecule has 2 atom stereocenters. The first kappa shape index (κ1) is 17.2. The maximum atomic E-state index is 12.9. The number of methoxy groups -OCH3 is 1. The van der Waals surface area contributed by atoms with Gasteiger partial charge in [0.1, 0.15) is 5.75 Å². The molecule has 0 aliphatic carbocycles. The minimum absolute atomic E-state index is 0.101. The molecule has 4 nitrogen and oxygen atoms in total. The number of benzene rings is 2. The van der Waals surface area contributed by atoms with Crippen LogP contribution in [-0.2, 0) is 0 Å². The number of nitrogens with one attached hydrogen (secondary N) is 2. The molecule has 0 radical (unpaired) electrons. The second-order valence-corrected chi connectivity index (χ2v) is 6.23. The summed E-state index contributed by atoms with van der Waals surface area (Å²) in [5.41, 5.74) is 2.88. The standard InChI is InChI=1S/C21H24N2O2/c1-4-19(15-9-11-16(25-3)12-10-15)23-14(2)21(24)18-13-22-20-8-6-5-7-17(18)20/h5-14,19,22-23H,4H2,1-3H3/t14-,19-/m0/s1. The highest BCUT2D eigenvalue weighted by Crippen LogP contribution is 2.23. The van der Waals surface area contributed by atoms with Gasteiger partial charge in [-0.2, -0.15) is 0 Å². The molecule has 0 spiro atoms. The van der Waals surface area contributed by atoms with Gasteiger partial charge in [-0.15, -0.1) is 0 Å². The van der Waals surface area contributed by atoms with Crippen molar-refractivity contribution in [3.63, 3.8) is 0 Å². The van der Waals surface area contributed by atoms with Crippen molar-refractivity contribution in [2.45, 2.75) is 32.4 Å². The maximum Gasteiger partial charge on any atom is 0.181 e. The van der Waals surface area contributed by atoms with Crippen LogP contribution in [0.3, 0.4) is 0 Å². The number of Topliss-reactive ketones (excluding diaryl/α,β-unsaturated/α-hetero) is 1. The van der Waals surface area contributed by atoms with E-state index in [1.807, 2.05) is 55.5 Å². The lowest BCUT2D eigenvalue weighted by Gasteiger charge is -2.22. The molecular weight excluding hydrogens is 312 g/mol. The third-order valence-electron chi connectivity index (χ3n) is 4.63. The van der Waals surface area contributed by atoms with Gasteiger partial charge < -0.3 is 15.0 Å². The molecule has 2 aromatic carbocycles. The molecule has 4 heteroatoms. The summed E-state index contributed by atoms with van der Waals surface area (Å²) < 4.78 is 5.21. The van der Waals surface area contributed by atoms with E-state index in [0.717, 1.165) is 34.2 Å². The number of rotatable bonds is 7. The van der Waals surface area contributed by atoms with E-state index >= 15 is 0 Å². The van der Waals surface area contributed by atoms with E-state index in [9.17, 15) is 4.79 Å². The van der Waals surface area contributed by atoms with Crippen molar-refractivity contribution in [1.82, 2.24) is 10.3 Å². The molecule has 2 N–H and O–H groups in total. The molecule has 0 aliphatic heterocycles. The van der Waals surface area contributed by atoms with Crippen LogP contribution >= 0.6 is 0 Å². The molecule has 1 heterocycles. The van der Waals surface area contributed by atoms with Gasteiger partial charge in [-0.3, -0.25) is 4.79 Å². The van der Waals surface area contributed by atoms with Crippen molar-refractivity contribution < 1.29 is 9.53 Å². The van der Waals surface area contributed by atoms with Gasteiger partial charge in [0, 0.05) is 28.7 Å². The van der Waals surface area contributed by atoms with Crippen molar-refractivity contribution >= 4 is 16.7 Å². The van der Waals surface area contributed by atoms with Crippen LogP contribution in [0.4, 0.5) is 0 Å². The maximum absolute atomic E-state index is 12.9. The molecule has 1 aromatic heterocycles. The molecule has 130 valence electrons. The average Bonchev–Trinajstić information content (AvgIpc) is 3.09. The summed E-state index contributed by atoms with van der Waals surface area (Å²) >= 11 is 0. The second kappa shape index (κ2) is 7.53. The Hall–Kier alpha value is -2.59. The minimum Gasteiger partial charge on any atom is -0.497 e. The number of para-hydroxylation sites is 1. The molecule has 0 unspecified atom stereocenters. The van der Waals surface area contributed by atoms with Crippen LogP contribution in [0.2, 0.25) is 0 Å². The number of ether oxygens (including phenoxy) is 1. The third kappa shape index (κ3) is 3.59. The topological polar surface area (TPSA) is 54.1 Å². The fourth-order valence-electron chi connectivity index (χ4n) is 3.17. The lowest BCUT2D eigenvalue weighted by molar-refractivity contribution is 0.0945. The SMILES string of the molecule is CC[C@H](N[C@@H](C)C(=O)c1c[nH]c2ccccc12)c1ccc(OC)cc1. The Balaban J connectivity index is 1.77. The fourth-order valence-corrected chi connectivity index (χ4v) is 3.17. The van der Waals surface area contributed by atoms with Gasteiger partial charge >= 0.3 is 0 Å². The number of H-pyrrole nitrogens is 1. The fraction of sp³-hybridized carbons (Fsp3) is 0.286. The summed E-state index contributed by atoms with van der Waals surface area (Å²) in [6.07, 6.45) is 2.71. The largest absolute Gasteiger partial charge is 0.497 e. The van der Waals surface area contributed by atoms with Crippen LogP contribution in [0.1, 0.15) is 42.2 Å². The van der Waals surface area contributed by atoms with E-state index in [2.05, 4.69) is 17.2 Å². The van der Waals surface area contributed by atoms with Gasteiger partial charge in [-0.1, -0.05) is 37.3 Å². The molecule has 0 amide bonds. The molecule has 0 saturated heterocycles. The van der Waals surface area contributed by atoms with Gasteiger partial charge in [-0.25, -0.2) is 0 Å². The van der Waals surface area contributed by atoms with Gasteiger partial charge in [0.25, 0.3) is 0 Å². The number of aromatic amines is 1. The van der Waals surface area contributed by atoms with Crippen LogP contribution in [-0.4, -0.2) is 23.9 Å². The Kier molecular flexibility index (Phi) is 5.19. The van der Waals surface area contributed by atoms with Gasteiger partial charge in [0.2, 0.25) is 0 Å². The van der Waals surface area contributed by atoms with Gasteiger partial charge in [0.15, 0.2) is 5.78 Å². The number of hydrogen-bond donors (Lipinski definition) is 2. The second-order valence-electron chi connectivity index (χ2n) is 6.23. The quantitative estimate of drug-likeness (QED) is 0.625. The Morgan fingerprint density at radius 2 is 1.88 bits per heavy atom. The van der Waals surface area contributed by atoms with E-state index < -0.39 is 0 Å². The molecule has 3 rings (SSSR count). The van der Waals surface area contributed by atoms with Crippen molar-refractivity contribution in [1.29, 1.82) is 0 Å². The predicted octanol–water partition coefficient (Wildman–Crippen LogP) is 4.49. The monoisotopic (exact) mass is 336 g/mol. The van der Waals surface area contributed by atoms with E-state index in [0.29, 0.717) is 0 Å². The van der Waals surface area contributed by atoms with Gasteiger partial charge in [-0.05, 0) is 37.1 Å². The lowest BCUT2D eigenvalue weighted by Crippen LogP contribution is -2.36. The highest BCUT2D eigenvalue weighted by Gasteiger charge is 2.21. The van der Waals surface area contributed by atoms with Crippen molar-refractivity contribution in [2.24, 2.45) is 0 Å². The minimum atomic E-state index is -0.272. The summed E-state index contributed by atoms with van der Waals surface area (Å²) in [6.45, 7) is 4.04. The first-order valence-electron chi connectivity index (χ1n) is 8.64. The van der Waals surface area contributed by atoms with Gasteiger partial charge in [0.05, 0.1) is 13.2 Å². The molecular formula is C21H24N2O2. The first-order valence-corrected chi connectivity index (χ1v) is 8.64. The van der Waals surface area contributed by atoms with Crippen LogP contribution in [0, 0.1) is 0 Å². The number of aromatic nitrogens is 1. The van der Waals surface area contributed by atoms with Crippen LogP contribution < -0.4 is 10.1 Å². The molecule has 0 aliphatic rings. The molecule has 0 bridgehead atoms. The smallest absolute Gasteiger partial charge is 0.181 e. The van der Waals surface area contributed by atoms with E-state index in [4.69, 9.17) is 4.74 Å². The Morgan fingerprint density at radius 1 is 1.16 bits per heavy atom. The van der Waals surface area contributed by atoms with Crippen LogP contribution in [0.5, 0.6) is 5.75 Å². The molecule has 25 heavy (non-hydrogen) atoms. The van der Waals surface area contributed by atoms with E-state index in [1.165, 1.54) is 0 Å². The summed E-state index contributed by atoms with van der Waals surface area (Å²) in [4.78, 5) is 16.1. The van der Waals surface area contributed by atoms with E-state index in [1.54, 1.807) is 13.3 Å². The zero-order chi connectivity index (χ0) is 17.8. The third-order valence-corrected chi connectivity index (χ3v) is 4.63. The number of hydrogen-bond acceptors (Lipinski definition) is 3. The number of ketones is 1. The Labute approximate surface area is 148 Å². The van der Waals surface area contributed by atoms with Crippen LogP contribution in [0.25, 0.3) is 10.9 Å². The Bertz CT molecular complexity index is 852. The highest BCUT2D eigenvalue weighted by atomic mass is 16.5. The van der Waals surface area contributed by atoms with Crippen molar-refractivity contribution in [3.8, 4) is 5.75 Å². The normalized spacial score (nSPS) is 13.6. The lowest BCUT2D eigenvalue weighted by atomic mass is 10.00. The summed E-state index contributed by atoms with van der Waals surface area (Å²) in [7, 11) is 1.66. The Morgan fingerprint density at radius 3 is 2.56 bits per heavy atom. The predicted molar refractivity (Wildman–Crippen MR) is 101 cm³/mol. The number of carbonyl (C=O) groups excluding carboxylic acids is 1. The average molecular weight is 336 g/mol. The summed E-state index contributed by atoms with van der Waals surface area (Å²) in [5.74, 6) is 0.936. The summed E-state index contributed by atoms with van der Waals surface area (Å²) in [5, 5.41) is 4.44. The molecule has 0 saturated carbocycles. The first-order chi connectivity index (χ1) is 12.1. The molecule has 3 aromatic rings. The van der Waals surface area contributed by atoms with Crippen LogP contribution in [0.15, 0.2) is 54.7 Å². The zero-order valence-electron chi connectivity index (χ0n) is 14.9. The van der Waals surface area contributed by atoms with E-state index in [-0.39, 0.29) is 17.9 Å². The summed E-state index contributed by atoms with van der Waals surface area (Å²) in [6, 6.07) is 15.7. The molecule has 0 fully saturated rings. The number of fused-ring (bicyclic) bond motifs is 1.